The number of methoxy groups -OCH3 is 1. The van der Waals surface area contributed by atoms with Crippen molar-refractivity contribution in [1.82, 2.24) is 10.2 Å². The van der Waals surface area contributed by atoms with Gasteiger partial charge in [0.25, 0.3) is 10.0 Å². The lowest BCUT2D eigenvalue weighted by molar-refractivity contribution is -0.139. The summed E-state index contributed by atoms with van der Waals surface area (Å²) in [6, 6.07) is 17.0. The van der Waals surface area contributed by atoms with E-state index in [1.165, 1.54) is 24.1 Å². The Hall–Kier alpha value is -3.27. The molecular formula is C32H37Cl2N3O5S. The van der Waals surface area contributed by atoms with Crippen molar-refractivity contribution >= 4 is 50.7 Å². The van der Waals surface area contributed by atoms with Crippen molar-refractivity contribution in [3.8, 4) is 5.75 Å². The predicted octanol–water partition coefficient (Wildman–Crippen LogP) is 6.37. The summed E-state index contributed by atoms with van der Waals surface area (Å²) in [7, 11) is -2.69. The minimum atomic E-state index is -4.18. The topological polar surface area (TPSA) is 96.0 Å². The normalized spacial score (nSPS) is 14.5. The van der Waals surface area contributed by atoms with E-state index in [1.54, 1.807) is 61.5 Å². The van der Waals surface area contributed by atoms with Crippen LogP contribution in [0.2, 0.25) is 10.0 Å². The van der Waals surface area contributed by atoms with Gasteiger partial charge >= 0.3 is 0 Å². The number of nitrogens with zero attached hydrogens (tertiary/aromatic N) is 2. The van der Waals surface area contributed by atoms with E-state index < -0.39 is 28.5 Å². The number of sulfonamides is 1. The first kappa shape index (κ1) is 32.6. The molecule has 1 unspecified atom stereocenters. The molecule has 1 N–H and O–H groups in total. The van der Waals surface area contributed by atoms with E-state index >= 15 is 0 Å². The smallest absolute Gasteiger partial charge is 0.264 e. The Labute approximate surface area is 264 Å². The minimum absolute atomic E-state index is 0.000739. The first-order valence-electron chi connectivity index (χ1n) is 14.3. The third-order valence-electron chi connectivity index (χ3n) is 7.70. The Morgan fingerprint density at radius 2 is 1.60 bits per heavy atom. The second kappa shape index (κ2) is 14.5. The molecule has 4 rings (SSSR count). The van der Waals surface area contributed by atoms with Gasteiger partial charge in [-0.3, -0.25) is 13.9 Å². The summed E-state index contributed by atoms with van der Waals surface area (Å²) in [5, 5.41) is 3.77. The van der Waals surface area contributed by atoms with Crippen molar-refractivity contribution < 1.29 is 22.7 Å². The van der Waals surface area contributed by atoms with Crippen molar-refractivity contribution in [3.63, 3.8) is 0 Å². The Kier molecular flexibility index (Phi) is 11.0. The van der Waals surface area contributed by atoms with Crippen LogP contribution in [-0.2, 0) is 26.2 Å². The van der Waals surface area contributed by atoms with Crippen LogP contribution < -0.4 is 14.4 Å². The average Bonchev–Trinajstić information content (AvgIpc) is 3.01. The summed E-state index contributed by atoms with van der Waals surface area (Å²) in [6.07, 6.45) is 5.00. The summed E-state index contributed by atoms with van der Waals surface area (Å²) in [5.41, 5.74) is 1.91. The van der Waals surface area contributed by atoms with Crippen LogP contribution in [0.1, 0.15) is 50.2 Å². The molecule has 43 heavy (non-hydrogen) atoms. The lowest BCUT2D eigenvalue weighted by Crippen LogP contribution is -2.53. The number of hydrogen-bond acceptors (Lipinski definition) is 5. The van der Waals surface area contributed by atoms with Gasteiger partial charge in [-0.15, -0.1) is 0 Å². The Morgan fingerprint density at radius 3 is 2.21 bits per heavy atom. The lowest BCUT2D eigenvalue weighted by atomic mass is 9.95. The molecule has 1 fully saturated rings. The molecule has 0 aromatic heterocycles. The van der Waals surface area contributed by atoms with Crippen LogP contribution in [0.5, 0.6) is 5.75 Å². The summed E-state index contributed by atoms with van der Waals surface area (Å²) < 4.78 is 34.2. The number of halogens is 2. The molecule has 11 heteroatoms. The van der Waals surface area contributed by atoms with Gasteiger partial charge in [0.05, 0.1) is 27.7 Å². The molecule has 0 bridgehead atoms. The fourth-order valence-corrected chi connectivity index (χ4v) is 6.84. The highest BCUT2D eigenvalue weighted by atomic mass is 35.5. The molecule has 2 amide bonds. The van der Waals surface area contributed by atoms with Crippen LogP contribution in [0, 0.1) is 6.92 Å². The minimum Gasteiger partial charge on any atom is -0.497 e. The Morgan fingerprint density at radius 1 is 0.953 bits per heavy atom. The second-order valence-electron chi connectivity index (χ2n) is 10.8. The van der Waals surface area contributed by atoms with Gasteiger partial charge in [0.1, 0.15) is 18.3 Å². The summed E-state index contributed by atoms with van der Waals surface area (Å²) in [4.78, 5) is 29.0. The summed E-state index contributed by atoms with van der Waals surface area (Å²) in [5.74, 6) is -0.335. The number of nitrogens with one attached hydrogen (secondary N) is 1. The van der Waals surface area contributed by atoms with Gasteiger partial charge in [-0.05, 0) is 80.8 Å². The monoisotopic (exact) mass is 645 g/mol. The van der Waals surface area contributed by atoms with Crippen LogP contribution in [0.4, 0.5) is 5.69 Å². The summed E-state index contributed by atoms with van der Waals surface area (Å²) in [6.45, 7) is 3.05. The molecule has 0 heterocycles. The number of rotatable bonds is 11. The predicted molar refractivity (Wildman–Crippen MR) is 170 cm³/mol. The molecule has 3 aromatic carbocycles. The molecule has 0 radical (unpaired) electrons. The van der Waals surface area contributed by atoms with Crippen LogP contribution in [0.15, 0.2) is 71.6 Å². The molecule has 3 aromatic rings. The Balaban J connectivity index is 1.68. The van der Waals surface area contributed by atoms with Crippen molar-refractivity contribution in [2.45, 2.75) is 69.5 Å². The average molecular weight is 647 g/mol. The molecule has 8 nitrogen and oxygen atoms in total. The van der Waals surface area contributed by atoms with E-state index in [1.807, 2.05) is 6.92 Å². The molecule has 1 atom stereocenters. The maximum Gasteiger partial charge on any atom is 0.264 e. The largest absolute Gasteiger partial charge is 0.497 e. The van der Waals surface area contributed by atoms with Crippen LogP contribution >= 0.6 is 23.2 Å². The first-order valence-corrected chi connectivity index (χ1v) is 16.5. The van der Waals surface area contributed by atoms with Crippen molar-refractivity contribution in [2.24, 2.45) is 0 Å². The van der Waals surface area contributed by atoms with E-state index in [9.17, 15) is 18.0 Å². The molecule has 0 spiro atoms. The maximum atomic E-state index is 14.1. The highest BCUT2D eigenvalue weighted by Crippen LogP contribution is 2.28. The quantitative estimate of drug-likeness (QED) is 0.261. The van der Waals surface area contributed by atoms with E-state index in [0.29, 0.717) is 27.0 Å². The number of carbonyl (C=O) groups excluding carboxylic acids is 2. The van der Waals surface area contributed by atoms with E-state index in [2.05, 4.69) is 5.32 Å². The molecule has 1 aliphatic rings. The third kappa shape index (κ3) is 8.22. The van der Waals surface area contributed by atoms with Gasteiger partial charge in [0, 0.05) is 12.6 Å². The van der Waals surface area contributed by atoms with E-state index in [0.717, 1.165) is 42.0 Å². The van der Waals surface area contributed by atoms with Gasteiger partial charge < -0.3 is 15.0 Å². The van der Waals surface area contributed by atoms with Crippen molar-refractivity contribution in [1.29, 1.82) is 0 Å². The summed E-state index contributed by atoms with van der Waals surface area (Å²) >= 11 is 12.4. The van der Waals surface area contributed by atoms with Crippen molar-refractivity contribution in [2.75, 3.05) is 18.0 Å². The van der Waals surface area contributed by atoms with Crippen LogP contribution in [-0.4, -0.2) is 50.9 Å². The lowest BCUT2D eigenvalue weighted by Gasteiger charge is -2.33. The number of anilines is 1. The molecule has 0 saturated heterocycles. The number of benzene rings is 3. The van der Waals surface area contributed by atoms with Gasteiger partial charge in [-0.25, -0.2) is 8.42 Å². The van der Waals surface area contributed by atoms with Crippen molar-refractivity contribution in [3.05, 3.63) is 87.9 Å². The van der Waals surface area contributed by atoms with Gasteiger partial charge in [-0.1, -0.05) is 66.2 Å². The van der Waals surface area contributed by atoms with E-state index in [-0.39, 0.29) is 23.4 Å². The number of hydrogen-bond donors (Lipinski definition) is 1. The second-order valence-corrected chi connectivity index (χ2v) is 13.5. The number of carbonyl (C=O) groups is 2. The zero-order valence-corrected chi connectivity index (χ0v) is 26.9. The molecule has 1 saturated carbocycles. The van der Waals surface area contributed by atoms with Gasteiger partial charge in [0.15, 0.2) is 0 Å². The molecule has 230 valence electrons. The molecule has 0 aliphatic heterocycles. The maximum absolute atomic E-state index is 14.1. The standard InChI is InChI=1S/C32H37Cl2N3O5S/c1-22-9-12-26(13-10-22)37(43(40,41)28-16-14-27(42-3)15-17-28)21-31(38)36(20-24-11-18-29(33)30(34)19-24)23(2)32(39)35-25-7-5-4-6-8-25/h9-19,23,25H,4-8,20-21H2,1-3H3,(H,35,39). The van der Waals surface area contributed by atoms with E-state index in [4.69, 9.17) is 27.9 Å². The Bertz CT molecular complexity index is 1530. The number of ether oxygens (including phenoxy) is 1. The van der Waals surface area contributed by atoms with Gasteiger partial charge in [0.2, 0.25) is 11.8 Å². The van der Waals surface area contributed by atoms with Crippen LogP contribution in [0.25, 0.3) is 0 Å². The molecular weight excluding hydrogens is 609 g/mol. The van der Waals surface area contributed by atoms with Gasteiger partial charge in [-0.2, -0.15) is 0 Å². The highest BCUT2D eigenvalue weighted by molar-refractivity contribution is 7.92. The first-order chi connectivity index (χ1) is 20.5. The number of amides is 2. The third-order valence-corrected chi connectivity index (χ3v) is 10.2. The zero-order chi connectivity index (χ0) is 31.1. The highest BCUT2D eigenvalue weighted by Gasteiger charge is 2.33. The number of aryl methyl sites for hydroxylation is 1. The molecule has 1 aliphatic carbocycles. The fraction of sp³-hybridized carbons (Fsp3) is 0.375. The fourth-order valence-electron chi connectivity index (χ4n) is 5.10. The van der Waals surface area contributed by atoms with Crippen LogP contribution in [0.3, 0.4) is 0 Å². The zero-order valence-electron chi connectivity index (χ0n) is 24.6. The SMILES string of the molecule is COc1ccc(S(=O)(=O)N(CC(=O)N(Cc2ccc(Cl)c(Cl)c2)C(C)C(=O)NC2CCCCC2)c2ccc(C)cc2)cc1.